The molecule has 0 amide bonds. The number of nitrogens with one attached hydrogen (secondary N) is 1. The van der Waals surface area contributed by atoms with Gasteiger partial charge in [0.1, 0.15) is 5.75 Å². The smallest absolute Gasteiger partial charge is 0.261 e. The van der Waals surface area contributed by atoms with Crippen LogP contribution in [0.1, 0.15) is 0 Å². The number of nitrogens with zero attached hydrogens (tertiary/aromatic N) is 2. The highest BCUT2D eigenvalue weighted by Crippen LogP contribution is 2.25. The highest BCUT2D eigenvalue weighted by molar-refractivity contribution is 6.42. The first-order valence-corrected chi connectivity index (χ1v) is 8.63. The molecule has 136 valence electrons. The first-order chi connectivity index (χ1) is 12.5. The molecule has 26 heavy (non-hydrogen) atoms. The minimum absolute atomic E-state index is 0.102. The highest BCUT2D eigenvalue weighted by atomic mass is 35.5. The van der Waals surface area contributed by atoms with Crippen molar-refractivity contribution in [1.82, 2.24) is 9.55 Å². The number of aromatic nitrogens is 2. The second kappa shape index (κ2) is 7.95. The predicted molar refractivity (Wildman–Crippen MR) is 104 cm³/mol. The third kappa shape index (κ3) is 4.09. The molecule has 0 aliphatic carbocycles. The van der Waals surface area contributed by atoms with Gasteiger partial charge in [0.15, 0.2) is 0 Å². The van der Waals surface area contributed by atoms with Crippen LogP contribution in [-0.2, 0) is 6.54 Å². The van der Waals surface area contributed by atoms with Crippen molar-refractivity contribution in [3.05, 3.63) is 63.1 Å². The van der Waals surface area contributed by atoms with Gasteiger partial charge in [-0.1, -0.05) is 23.2 Å². The lowest BCUT2D eigenvalue weighted by Gasteiger charge is -2.15. The van der Waals surface area contributed by atoms with Crippen LogP contribution in [0.5, 0.6) is 5.75 Å². The van der Waals surface area contributed by atoms with Gasteiger partial charge in [-0.3, -0.25) is 9.36 Å². The van der Waals surface area contributed by atoms with Gasteiger partial charge >= 0.3 is 0 Å². The number of fused-ring (bicyclic) bond motifs is 1. The minimum Gasteiger partial charge on any atom is -0.497 e. The summed E-state index contributed by atoms with van der Waals surface area (Å²) in [4.78, 5) is 16.8. The minimum atomic E-state index is -0.781. The van der Waals surface area contributed by atoms with Crippen LogP contribution in [-0.4, -0.2) is 34.4 Å². The number of hydrogen-bond acceptors (Lipinski definition) is 5. The third-order valence-corrected chi connectivity index (χ3v) is 4.63. The van der Waals surface area contributed by atoms with E-state index < -0.39 is 6.10 Å². The van der Waals surface area contributed by atoms with Crippen LogP contribution in [0.3, 0.4) is 0 Å². The van der Waals surface area contributed by atoms with Crippen LogP contribution in [0.2, 0.25) is 10.0 Å². The molecule has 0 saturated heterocycles. The first-order valence-electron chi connectivity index (χ1n) is 7.88. The van der Waals surface area contributed by atoms with Gasteiger partial charge < -0.3 is 15.2 Å². The van der Waals surface area contributed by atoms with E-state index in [1.54, 1.807) is 13.2 Å². The van der Waals surface area contributed by atoms with Crippen LogP contribution in [0.4, 0.5) is 5.69 Å². The average Bonchev–Trinajstić information content (AvgIpc) is 2.64. The highest BCUT2D eigenvalue weighted by Gasteiger charge is 2.11. The quantitative estimate of drug-likeness (QED) is 0.672. The van der Waals surface area contributed by atoms with Crippen molar-refractivity contribution >= 4 is 39.8 Å². The van der Waals surface area contributed by atoms with E-state index in [0.717, 1.165) is 11.4 Å². The Kier molecular flexibility index (Phi) is 5.66. The number of aliphatic hydroxyl groups is 1. The van der Waals surface area contributed by atoms with E-state index in [4.69, 9.17) is 27.9 Å². The summed E-state index contributed by atoms with van der Waals surface area (Å²) >= 11 is 11.9. The zero-order valence-electron chi connectivity index (χ0n) is 13.9. The summed E-state index contributed by atoms with van der Waals surface area (Å²) in [6.45, 7) is 0.378. The number of aliphatic hydroxyl groups excluding tert-OH is 1. The van der Waals surface area contributed by atoms with Crippen LogP contribution in [0.25, 0.3) is 10.9 Å². The second-order valence-electron chi connectivity index (χ2n) is 5.75. The van der Waals surface area contributed by atoms with Crippen LogP contribution < -0.4 is 15.6 Å². The first kappa shape index (κ1) is 18.5. The van der Waals surface area contributed by atoms with Crippen molar-refractivity contribution in [3.63, 3.8) is 0 Å². The second-order valence-corrected chi connectivity index (χ2v) is 6.56. The molecule has 0 saturated carbocycles. The molecular weight excluding hydrogens is 377 g/mol. The number of anilines is 1. The lowest BCUT2D eigenvalue weighted by molar-refractivity contribution is 0.165. The lowest BCUT2D eigenvalue weighted by Crippen LogP contribution is -2.31. The summed E-state index contributed by atoms with van der Waals surface area (Å²) in [5, 5.41) is 14.3. The van der Waals surface area contributed by atoms with Gasteiger partial charge in [0.2, 0.25) is 0 Å². The molecule has 6 nitrogen and oxygen atoms in total. The number of benzene rings is 2. The molecule has 0 aliphatic heterocycles. The summed E-state index contributed by atoms with van der Waals surface area (Å²) in [5.74, 6) is 0.753. The SMILES string of the molecule is COc1ccc(NCC(O)Cn2cnc3cc(Cl)c(Cl)cc3c2=O)cc1. The zero-order valence-corrected chi connectivity index (χ0v) is 15.5. The maximum absolute atomic E-state index is 12.5. The van der Waals surface area contributed by atoms with E-state index in [9.17, 15) is 9.90 Å². The number of hydrogen-bond donors (Lipinski definition) is 2. The Morgan fingerprint density at radius 1 is 1.23 bits per heavy atom. The number of halogens is 2. The number of methoxy groups -OCH3 is 1. The third-order valence-electron chi connectivity index (χ3n) is 3.91. The molecule has 0 spiro atoms. The zero-order chi connectivity index (χ0) is 18.7. The molecule has 1 aromatic heterocycles. The van der Waals surface area contributed by atoms with Crippen LogP contribution in [0, 0.1) is 0 Å². The van der Waals surface area contributed by atoms with Gasteiger partial charge in [-0.2, -0.15) is 0 Å². The average molecular weight is 394 g/mol. The summed E-state index contributed by atoms with van der Waals surface area (Å²) in [7, 11) is 1.60. The lowest BCUT2D eigenvalue weighted by atomic mass is 10.2. The largest absolute Gasteiger partial charge is 0.497 e. The molecule has 0 aliphatic rings. The monoisotopic (exact) mass is 393 g/mol. The van der Waals surface area contributed by atoms with E-state index in [1.807, 2.05) is 24.3 Å². The normalized spacial score (nSPS) is 12.2. The predicted octanol–water partition coefficient (Wildman–Crippen LogP) is 3.18. The molecule has 0 bridgehead atoms. The number of rotatable bonds is 6. The van der Waals surface area contributed by atoms with Gasteiger partial charge in [-0.15, -0.1) is 0 Å². The Hall–Kier alpha value is -2.28. The van der Waals surface area contributed by atoms with Gasteiger partial charge in [-0.05, 0) is 36.4 Å². The van der Waals surface area contributed by atoms with Gasteiger partial charge in [0.05, 0.1) is 47.0 Å². The van der Waals surface area contributed by atoms with Crippen molar-refractivity contribution in [3.8, 4) is 5.75 Å². The molecule has 3 rings (SSSR count). The molecule has 3 aromatic rings. The maximum Gasteiger partial charge on any atom is 0.261 e. The Labute approximate surface area is 160 Å². The van der Waals surface area contributed by atoms with Crippen LogP contribution in [0.15, 0.2) is 47.5 Å². The van der Waals surface area contributed by atoms with E-state index in [0.29, 0.717) is 15.9 Å². The Balaban J connectivity index is 1.70. The van der Waals surface area contributed by atoms with Crippen molar-refractivity contribution in [1.29, 1.82) is 0 Å². The molecule has 2 N–H and O–H groups in total. The van der Waals surface area contributed by atoms with Crippen molar-refractivity contribution in [2.75, 3.05) is 19.0 Å². The van der Waals surface area contributed by atoms with Crippen molar-refractivity contribution in [2.24, 2.45) is 0 Å². The van der Waals surface area contributed by atoms with Gasteiger partial charge in [-0.25, -0.2) is 4.98 Å². The molecule has 1 unspecified atom stereocenters. The van der Waals surface area contributed by atoms with E-state index >= 15 is 0 Å². The van der Waals surface area contributed by atoms with Crippen molar-refractivity contribution in [2.45, 2.75) is 12.6 Å². The molecule has 0 radical (unpaired) electrons. The molecule has 8 heteroatoms. The fourth-order valence-electron chi connectivity index (χ4n) is 2.52. The standard InChI is InChI=1S/C18H17Cl2N3O3/c1-26-13-4-2-11(3-5-13)21-8-12(24)9-23-10-22-17-7-16(20)15(19)6-14(17)18(23)25/h2-7,10,12,21,24H,8-9H2,1H3. The summed E-state index contributed by atoms with van der Waals surface area (Å²) < 4.78 is 6.45. The van der Waals surface area contributed by atoms with E-state index in [1.165, 1.54) is 17.0 Å². The van der Waals surface area contributed by atoms with Gasteiger partial charge in [0.25, 0.3) is 5.56 Å². The summed E-state index contributed by atoms with van der Waals surface area (Å²) in [5.41, 5.74) is 1.03. The van der Waals surface area contributed by atoms with Crippen LogP contribution >= 0.6 is 23.2 Å². The number of ether oxygens (including phenoxy) is 1. The van der Waals surface area contributed by atoms with E-state index in [2.05, 4.69) is 10.3 Å². The molecule has 0 fully saturated rings. The Morgan fingerprint density at radius 2 is 1.92 bits per heavy atom. The molecule has 2 aromatic carbocycles. The maximum atomic E-state index is 12.5. The Bertz CT molecular complexity index is 974. The summed E-state index contributed by atoms with van der Waals surface area (Å²) in [6.07, 6.45) is 0.614. The van der Waals surface area contributed by atoms with E-state index in [-0.39, 0.29) is 23.7 Å². The molecule has 1 atom stereocenters. The topological polar surface area (TPSA) is 76.4 Å². The fraction of sp³-hybridized carbons (Fsp3) is 0.222. The molecular formula is C18H17Cl2N3O3. The molecule has 1 heterocycles. The fourth-order valence-corrected chi connectivity index (χ4v) is 2.84. The summed E-state index contributed by atoms with van der Waals surface area (Å²) in [6, 6.07) is 10.4. The van der Waals surface area contributed by atoms with Gasteiger partial charge in [0, 0.05) is 12.2 Å². The Morgan fingerprint density at radius 3 is 2.62 bits per heavy atom. The van der Waals surface area contributed by atoms with Crippen molar-refractivity contribution < 1.29 is 9.84 Å².